The van der Waals surface area contributed by atoms with E-state index in [-0.39, 0.29) is 4.90 Å². The Morgan fingerprint density at radius 1 is 1.00 bits per heavy atom. The van der Waals surface area contributed by atoms with Gasteiger partial charge in [-0.15, -0.1) is 0 Å². The summed E-state index contributed by atoms with van der Waals surface area (Å²) in [4.78, 5) is 9.43. The summed E-state index contributed by atoms with van der Waals surface area (Å²) < 4.78 is 36.2. The summed E-state index contributed by atoms with van der Waals surface area (Å²) in [6.07, 6.45) is 2.89. The van der Waals surface area contributed by atoms with Crippen LogP contribution in [-0.2, 0) is 16.4 Å². The molecular weight excluding hydrogens is 544 g/mol. The lowest BCUT2D eigenvalue weighted by atomic mass is 9.99. The van der Waals surface area contributed by atoms with Crippen LogP contribution in [-0.4, -0.2) is 51.5 Å². The maximum atomic E-state index is 13.5. The number of likely N-dealkylation sites (N-methyl/N-ethyl adjacent to an activating group) is 1. The van der Waals surface area contributed by atoms with Gasteiger partial charge < -0.3 is 14.5 Å². The highest BCUT2D eigenvalue weighted by molar-refractivity contribution is 7.89. The van der Waals surface area contributed by atoms with Crippen LogP contribution in [0.3, 0.4) is 0 Å². The number of hydrogen-bond acceptors (Lipinski definition) is 6. The van der Waals surface area contributed by atoms with Crippen molar-refractivity contribution in [2.75, 3.05) is 38.1 Å². The molecule has 1 unspecified atom stereocenters. The lowest BCUT2D eigenvalue weighted by Gasteiger charge is -2.34. The van der Waals surface area contributed by atoms with Crippen LogP contribution in [0.4, 0.5) is 5.69 Å². The molecule has 7 nitrogen and oxygen atoms in total. The predicted octanol–water partition coefficient (Wildman–Crippen LogP) is 6.42. The molecular formula is C31H35ClN4O3S. The van der Waals surface area contributed by atoms with E-state index in [1.807, 2.05) is 50.2 Å². The third-order valence-electron chi connectivity index (χ3n) is 7.50. The van der Waals surface area contributed by atoms with Gasteiger partial charge in [-0.05, 0) is 67.2 Å². The molecule has 1 N–H and O–H groups in total. The number of aromatic nitrogens is 1. The predicted molar refractivity (Wildman–Crippen MR) is 162 cm³/mol. The number of ether oxygens (including phenoxy) is 1. The Morgan fingerprint density at radius 2 is 1.77 bits per heavy atom. The van der Waals surface area contributed by atoms with Gasteiger partial charge in [0.25, 0.3) is 0 Å². The molecule has 0 aliphatic carbocycles. The number of nitrogens with zero attached hydrogens (tertiary/aromatic N) is 3. The van der Waals surface area contributed by atoms with Crippen molar-refractivity contribution in [3.05, 3.63) is 89.1 Å². The molecule has 210 valence electrons. The summed E-state index contributed by atoms with van der Waals surface area (Å²) in [5.41, 5.74) is 2.86. The lowest BCUT2D eigenvalue weighted by Crippen LogP contribution is -2.44. The Morgan fingerprint density at radius 3 is 2.52 bits per heavy atom. The van der Waals surface area contributed by atoms with Crippen molar-refractivity contribution in [2.24, 2.45) is 0 Å². The van der Waals surface area contributed by atoms with E-state index in [9.17, 15) is 8.42 Å². The average molecular weight is 579 g/mol. The maximum Gasteiger partial charge on any atom is 0.241 e. The van der Waals surface area contributed by atoms with Crippen LogP contribution in [0.1, 0.15) is 37.4 Å². The van der Waals surface area contributed by atoms with Crippen molar-refractivity contribution in [2.45, 2.75) is 37.6 Å². The highest BCUT2D eigenvalue weighted by Crippen LogP contribution is 2.33. The first-order valence-corrected chi connectivity index (χ1v) is 15.5. The zero-order valence-electron chi connectivity index (χ0n) is 23.1. The number of fused-ring (bicyclic) bond motifs is 1. The number of rotatable bonds is 9. The number of nitrogens with one attached hydrogen (secondary N) is 1. The van der Waals surface area contributed by atoms with E-state index in [1.165, 1.54) is 0 Å². The third-order valence-corrected chi connectivity index (χ3v) is 9.30. The van der Waals surface area contributed by atoms with Crippen LogP contribution in [0.2, 0.25) is 5.02 Å². The number of sulfonamides is 1. The maximum absolute atomic E-state index is 13.5. The van der Waals surface area contributed by atoms with Gasteiger partial charge in [0.05, 0.1) is 4.90 Å². The quantitative estimate of drug-likeness (QED) is 0.247. The smallest absolute Gasteiger partial charge is 0.241 e. The van der Waals surface area contributed by atoms with Crippen LogP contribution >= 0.6 is 11.6 Å². The Kier molecular flexibility index (Phi) is 8.61. The fourth-order valence-corrected chi connectivity index (χ4v) is 6.77. The summed E-state index contributed by atoms with van der Waals surface area (Å²) >= 11 is 6.28. The molecule has 1 atom stereocenters. The molecule has 3 aromatic carbocycles. The molecule has 0 saturated carbocycles. The van der Waals surface area contributed by atoms with E-state index in [0.717, 1.165) is 53.8 Å². The number of halogens is 1. The first-order chi connectivity index (χ1) is 19.3. The molecule has 1 aliphatic heterocycles. The van der Waals surface area contributed by atoms with Crippen molar-refractivity contribution < 1.29 is 13.2 Å². The number of pyridine rings is 1. The molecule has 9 heteroatoms. The van der Waals surface area contributed by atoms with E-state index < -0.39 is 16.1 Å². The summed E-state index contributed by atoms with van der Waals surface area (Å²) in [5, 5.41) is 2.18. The Hall–Kier alpha value is -3.17. The average Bonchev–Trinajstić information content (AvgIpc) is 2.96. The minimum atomic E-state index is -3.81. The normalized spacial score (nSPS) is 15.3. The van der Waals surface area contributed by atoms with E-state index in [0.29, 0.717) is 29.5 Å². The molecule has 0 bridgehead atoms. The summed E-state index contributed by atoms with van der Waals surface area (Å²) in [6, 6.07) is 20.0. The largest absolute Gasteiger partial charge is 0.439 e. The minimum absolute atomic E-state index is 0.199. The molecule has 1 fully saturated rings. The summed E-state index contributed by atoms with van der Waals surface area (Å²) in [6.45, 7) is 7.98. The first-order valence-electron chi connectivity index (χ1n) is 13.7. The van der Waals surface area contributed by atoms with Crippen molar-refractivity contribution in [3.8, 4) is 11.6 Å². The van der Waals surface area contributed by atoms with E-state index in [4.69, 9.17) is 16.3 Å². The molecule has 2 heterocycles. The van der Waals surface area contributed by atoms with Gasteiger partial charge in [-0.25, -0.2) is 18.1 Å². The fourth-order valence-electron chi connectivity index (χ4n) is 5.19. The second kappa shape index (κ2) is 12.1. The summed E-state index contributed by atoms with van der Waals surface area (Å²) in [5.74, 6) is 1.20. The van der Waals surface area contributed by atoms with Gasteiger partial charge in [-0.2, -0.15) is 0 Å². The van der Waals surface area contributed by atoms with Gasteiger partial charge in [-0.3, -0.25) is 0 Å². The number of anilines is 1. The van der Waals surface area contributed by atoms with Gasteiger partial charge in [0.15, 0.2) is 0 Å². The van der Waals surface area contributed by atoms with Gasteiger partial charge in [-0.1, -0.05) is 49.7 Å². The van der Waals surface area contributed by atoms with Crippen molar-refractivity contribution >= 4 is 38.1 Å². The molecule has 4 aromatic rings. The zero-order valence-corrected chi connectivity index (χ0v) is 24.7. The van der Waals surface area contributed by atoms with E-state index in [1.54, 1.807) is 30.5 Å². The van der Waals surface area contributed by atoms with Crippen LogP contribution in [0, 0.1) is 0 Å². The Balaban J connectivity index is 1.40. The minimum Gasteiger partial charge on any atom is -0.439 e. The fraction of sp³-hybridized carbons (Fsp3) is 0.323. The SMILES string of the molecule is CCc1c(C(CC)NS(=O)(=O)c2ccc3c(Cl)cccc3c2)ccnc1Oc1cccc(N2CCN(C)CC2)c1. The monoisotopic (exact) mass is 578 g/mol. The van der Waals surface area contributed by atoms with Gasteiger partial charge in [0.2, 0.25) is 15.9 Å². The van der Waals surface area contributed by atoms with E-state index >= 15 is 0 Å². The standard InChI is InChI=1S/C31H35ClN4O3S/c1-4-26-28(30(5-2)34-40(37,38)25-12-13-27-22(20-25)8-6-11-29(27)32)14-15-33-31(26)39-24-10-7-9-23(21-24)36-18-16-35(3)17-19-36/h6-15,20-21,30,34H,4-5,16-19H2,1-3H3. The highest BCUT2D eigenvalue weighted by atomic mass is 35.5. The third kappa shape index (κ3) is 6.10. The van der Waals surface area contributed by atoms with Crippen molar-refractivity contribution in [3.63, 3.8) is 0 Å². The zero-order chi connectivity index (χ0) is 28.3. The Labute approximate surface area is 241 Å². The second-order valence-electron chi connectivity index (χ2n) is 10.1. The molecule has 0 spiro atoms. The van der Waals surface area contributed by atoms with Crippen LogP contribution in [0.25, 0.3) is 10.8 Å². The van der Waals surface area contributed by atoms with Crippen LogP contribution in [0.5, 0.6) is 11.6 Å². The molecule has 1 aromatic heterocycles. The van der Waals surface area contributed by atoms with E-state index in [2.05, 4.69) is 32.6 Å². The topological polar surface area (TPSA) is 74.8 Å². The summed E-state index contributed by atoms with van der Waals surface area (Å²) in [7, 11) is -1.66. The number of hydrogen-bond donors (Lipinski definition) is 1. The molecule has 5 rings (SSSR count). The first kappa shape index (κ1) is 28.4. The second-order valence-corrected chi connectivity index (χ2v) is 12.3. The lowest BCUT2D eigenvalue weighted by molar-refractivity contribution is 0.312. The Bertz CT molecular complexity index is 1600. The van der Waals surface area contributed by atoms with Gasteiger partial charge >= 0.3 is 0 Å². The molecule has 0 amide bonds. The molecule has 1 aliphatic rings. The number of benzene rings is 3. The highest BCUT2D eigenvalue weighted by Gasteiger charge is 2.24. The molecule has 1 saturated heterocycles. The van der Waals surface area contributed by atoms with Crippen LogP contribution < -0.4 is 14.4 Å². The van der Waals surface area contributed by atoms with Crippen LogP contribution in [0.15, 0.2) is 77.8 Å². The van der Waals surface area contributed by atoms with Gasteiger partial charge in [0.1, 0.15) is 5.75 Å². The van der Waals surface area contributed by atoms with Crippen molar-refractivity contribution in [1.29, 1.82) is 0 Å². The molecule has 40 heavy (non-hydrogen) atoms. The number of piperazine rings is 1. The molecule has 0 radical (unpaired) electrons. The van der Waals surface area contributed by atoms with Crippen molar-refractivity contribution in [1.82, 2.24) is 14.6 Å². The van der Waals surface area contributed by atoms with Gasteiger partial charge in [0, 0.05) is 66.1 Å².